The Morgan fingerprint density at radius 2 is 1.93 bits per heavy atom. The maximum Gasteiger partial charge on any atom is 0.332 e. The molecule has 1 unspecified atom stereocenters. The summed E-state index contributed by atoms with van der Waals surface area (Å²) in [6.45, 7) is 8.33. The highest BCUT2D eigenvalue weighted by molar-refractivity contribution is 5.77. The zero-order valence-corrected chi connectivity index (χ0v) is 16.2. The molecule has 0 bridgehead atoms. The maximum absolute atomic E-state index is 13.1. The number of rotatable bonds is 3. The van der Waals surface area contributed by atoms with Gasteiger partial charge in [0.15, 0.2) is 11.2 Å². The monoisotopic (exact) mass is 381 g/mol. The molecule has 8 nitrogen and oxygen atoms in total. The summed E-state index contributed by atoms with van der Waals surface area (Å²) in [6, 6.07) is 7.88. The Bertz CT molecular complexity index is 1200. The van der Waals surface area contributed by atoms with Crippen molar-refractivity contribution in [3.63, 3.8) is 0 Å². The fourth-order valence-corrected chi connectivity index (χ4v) is 3.65. The molecule has 0 radical (unpaired) electrons. The van der Waals surface area contributed by atoms with Crippen molar-refractivity contribution >= 4 is 22.8 Å². The summed E-state index contributed by atoms with van der Waals surface area (Å²) >= 11 is 0. The molecule has 28 heavy (non-hydrogen) atoms. The van der Waals surface area contributed by atoms with Crippen LogP contribution in [0.2, 0.25) is 0 Å². The van der Waals surface area contributed by atoms with Crippen molar-refractivity contribution in [3.8, 4) is 0 Å². The zero-order chi connectivity index (χ0) is 20.2. The van der Waals surface area contributed by atoms with Gasteiger partial charge >= 0.3 is 5.69 Å². The van der Waals surface area contributed by atoms with Crippen molar-refractivity contribution < 1.29 is 5.11 Å². The minimum atomic E-state index is -0.669. The van der Waals surface area contributed by atoms with Gasteiger partial charge in [0.05, 0.1) is 25.7 Å². The Balaban J connectivity index is 2.00. The van der Waals surface area contributed by atoms with Gasteiger partial charge in [-0.05, 0) is 26.0 Å². The second-order valence-electron chi connectivity index (χ2n) is 7.48. The number of aliphatic hydroxyl groups excluding tert-OH is 1. The lowest BCUT2D eigenvalue weighted by Crippen LogP contribution is -2.41. The van der Waals surface area contributed by atoms with E-state index in [2.05, 4.69) is 11.6 Å². The predicted octanol–water partition coefficient (Wildman–Crippen LogP) is 1.29. The topological polar surface area (TPSA) is 85.3 Å². The van der Waals surface area contributed by atoms with Crippen LogP contribution in [0.4, 0.5) is 11.6 Å². The number of aliphatic hydroxyl groups is 1. The number of hydrogen-bond acceptors (Lipinski definition) is 5. The Kier molecular flexibility index (Phi) is 4.23. The van der Waals surface area contributed by atoms with Crippen molar-refractivity contribution in [2.24, 2.45) is 7.05 Å². The van der Waals surface area contributed by atoms with E-state index >= 15 is 0 Å². The van der Waals surface area contributed by atoms with Crippen LogP contribution in [0.1, 0.15) is 12.5 Å². The molecule has 0 saturated heterocycles. The maximum atomic E-state index is 13.1. The number of imidazole rings is 1. The van der Waals surface area contributed by atoms with E-state index < -0.39 is 17.4 Å². The fraction of sp³-hybridized carbons (Fsp3) is 0.350. The molecule has 1 atom stereocenters. The quantitative estimate of drug-likeness (QED) is 0.691. The molecule has 146 valence electrons. The third kappa shape index (κ3) is 2.77. The predicted molar refractivity (Wildman–Crippen MR) is 108 cm³/mol. The van der Waals surface area contributed by atoms with E-state index in [0.717, 1.165) is 15.8 Å². The summed E-state index contributed by atoms with van der Waals surface area (Å²) in [5.41, 5.74) is 2.48. The average Bonchev–Trinajstić information content (AvgIpc) is 3.03. The van der Waals surface area contributed by atoms with Gasteiger partial charge in [-0.25, -0.2) is 4.79 Å². The molecule has 4 rings (SSSR count). The third-order valence-electron chi connectivity index (χ3n) is 5.01. The molecule has 3 aromatic rings. The number of aromatic nitrogens is 4. The largest absolute Gasteiger partial charge is 0.389 e. The van der Waals surface area contributed by atoms with Crippen LogP contribution in [0, 0.1) is 6.92 Å². The van der Waals surface area contributed by atoms with Crippen LogP contribution in [-0.2, 0) is 20.1 Å². The molecular formula is C20H23N5O3. The standard InChI is InChI=1S/C20H23N5O3/c1-12(2)9-25-18(27)16-17(22(4)20(25)28)21-19-23(10-15(26)11-24(16)19)14-7-5-13(3)6-8-14/h5-8,15,26H,1,9-11H2,2-4H3. The summed E-state index contributed by atoms with van der Waals surface area (Å²) in [6.07, 6.45) is -0.669. The van der Waals surface area contributed by atoms with Gasteiger partial charge in [-0.3, -0.25) is 13.9 Å². The molecule has 0 saturated carbocycles. The Labute approximate surface area is 161 Å². The highest BCUT2D eigenvalue weighted by Gasteiger charge is 2.30. The van der Waals surface area contributed by atoms with E-state index in [1.54, 1.807) is 18.5 Å². The summed E-state index contributed by atoms with van der Waals surface area (Å²) in [5.74, 6) is 0.546. The molecule has 0 fully saturated rings. The highest BCUT2D eigenvalue weighted by Crippen LogP contribution is 2.31. The van der Waals surface area contributed by atoms with Crippen molar-refractivity contribution in [1.82, 2.24) is 18.7 Å². The molecule has 1 aromatic carbocycles. The van der Waals surface area contributed by atoms with E-state index in [0.29, 0.717) is 29.2 Å². The lowest BCUT2D eigenvalue weighted by Gasteiger charge is -2.32. The smallest absolute Gasteiger partial charge is 0.332 e. The summed E-state index contributed by atoms with van der Waals surface area (Å²) in [4.78, 5) is 32.3. The van der Waals surface area contributed by atoms with Crippen LogP contribution < -0.4 is 16.1 Å². The average molecular weight is 381 g/mol. The second-order valence-corrected chi connectivity index (χ2v) is 7.48. The number of aryl methyl sites for hydroxylation is 2. The van der Waals surface area contributed by atoms with E-state index in [4.69, 9.17) is 0 Å². The van der Waals surface area contributed by atoms with Crippen LogP contribution >= 0.6 is 0 Å². The Morgan fingerprint density at radius 1 is 1.25 bits per heavy atom. The van der Waals surface area contributed by atoms with Crippen LogP contribution in [0.25, 0.3) is 11.2 Å². The number of fused-ring (bicyclic) bond motifs is 3. The molecule has 1 aliphatic rings. The molecule has 0 aliphatic carbocycles. The Hall–Kier alpha value is -3.13. The first-order chi connectivity index (χ1) is 13.3. The number of benzene rings is 1. The first-order valence-electron chi connectivity index (χ1n) is 9.14. The molecule has 1 N–H and O–H groups in total. The molecule has 0 amide bonds. The first-order valence-corrected chi connectivity index (χ1v) is 9.14. The lowest BCUT2D eigenvalue weighted by atomic mass is 10.2. The number of hydrogen-bond donors (Lipinski definition) is 1. The number of allylic oxidation sites excluding steroid dienone is 1. The van der Waals surface area contributed by atoms with E-state index in [1.807, 2.05) is 36.1 Å². The van der Waals surface area contributed by atoms with E-state index in [-0.39, 0.29) is 13.1 Å². The minimum Gasteiger partial charge on any atom is -0.389 e. The Morgan fingerprint density at radius 3 is 2.57 bits per heavy atom. The third-order valence-corrected chi connectivity index (χ3v) is 5.01. The van der Waals surface area contributed by atoms with Crippen LogP contribution in [-0.4, -0.2) is 36.4 Å². The van der Waals surface area contributed by atoms with Crippen molar-refractivity contribution in [2.75, 3.05) is 11.4 Å². The molecule has 8 heteroatoms. The molecule has 3 heterocycles. The summed E-state index contributed by atoms with van der Waals surface area (Å²) in [7, 11) is 1.60. The van der Waals surface area contributed by atoms with Crippen molar-refractivity contribution in [3.05, 3.63) is 62.8 Å². The number of nitrogens with zero attached hydrogens (tertiary/aromatic N) is 5. The van der Waals surface area contributed by atoms with Gasteiger partial charge in [-0.2, -0.15) is 4.98 Å². The van der Waals surface area contributed by atoms with E-state index in [1.165, 1.54) is 4.57 Å². The molecule has 1 aliphatic heterocycles. The second kappa shape index (κ2) is 6.49. The van der Waals surface area contributed by atoms with Crippen LogP contribution in [0.15, 0.2) is 46.0 Å². The zero-order valence-electron chi connectivity index (χ0n) is 16.2. The van der Waals surface area contributed by atoms with Crippen LogP contribution in [0.3, 0.4) is 0 Å². The van der Waals surface area contributed by atoms with Crippen molar-refractivity contribution in [1.29, 1.82) is 0 Å². The first kappa shape index (κ1) is 18.2. The van der Waals surface area contributed by atoms with E-state index in [9.17, 15) is 14.7 Å². The van der Waals surface area contributed by atoms with Gasteiger partial charge in [-0.1, -0.05) is 29.8 Å². The summed E-state index contributed by atoms with van der Waals surface area (Å²) in [5, 5.41) is 10.5. The van der Waals surface area contributed by atoms with Gasteiger partial charge in [0, 0.05) is 12.7 Å². The van der Waals surface area contributed by atoms with Gasteiger partial charge in [-0.15, -0.1) is 0 Å². The normalized spacial score (nSPS) is 16.4. The molecule has 0 spiro atoms. The number of β-amino-alcohol motifs (C(OH)–C–C–N with tert-alkyl or cyclic N) is 1. The fourth-order valence-electron chi connectivity index (χ4n) is 3.65. The van der Waals surface area contributed by atoms with Gasteiger partial charge in [0.25, 0.3) is 5.56 Å². The SMILES string of the molecule is C=C(C)Cn1c(=O)c2c(nc3n2CC(O)CN3c2ccc(C)cc2)n(C)c1=O. The minimum absolute atomic E-state index is 0.145. The van der Waals surface area contributed by atoms with Crippen LogP contribution in [0.5, 0.6) is 0 Å². The lowest BCUT2D eigenvalue weighted by molar-refractivity contribution is 0.154. The number of anilines is 2. The molecule has 2 aromatic heterocycles. The van der Waals surface area contributed by atoms with Gasteiger partial charge in [0.2, 0.25) is 5.95 Å². The highest BCUT2D eigenvalue weighted by atomic mass is 16.3. The van der Waals surface area contributed by atoms with Gasteiger partial charge < -0.3 is 14.6 Å². The molecular weight excluding hydrogens is 358 g/mol. The van der Waals surface area contributed by atoms with Crippen molar-refractivity contribution in [2.45, 2.75) is 33.0 Å². The van der Waals surface area contributed by atoms with Gasteiger partial charge in [0.1, 0.15) is 0 Å². The summed E-state index contributed by atoms with van der Waals surface area (Å²) < 4.78 is 4.25.